The minimum atomic E-state index is 0.377. The van der Waals surface area contributed by atoms with Crippen molar-refractivity contribution in [3.05, 3.63) is 12.1 Å². The van der Waals surface area contributed by atoms with Crippen LogP contribution in [0, 0.1) is 5.92 Å². The molecule has 0 aliphatic carbocycles. The molecule has 1 aromatic rings. The summed E-state index contributed by atoms with van der Waals surface area (Å²) in [5.41, 5.74) is 6.52. The van der Waals surface area contributed by atoms with Crippen LogP contribution in [0.2, 0.25) is 0 Å². The molecule has 0 spiro atoms. The van der Waals surface area contributed by atoms with E-state index in [1.165, 1.54) is 0 Å². The zero-order valence-electron chi connectivity index (χ0n) is 10.4. The first-order valence-corrected chi connectivity index (χ1v) is 5.65. The van der Waals surface area contributed by atoms with Crippen LogP contribution in [-0.2, 0) is 0 Å². The fourth-order valence-corrected chi connectivity index (χ4v) is 1.60. The second-order valence-electron chi connectivity index (χ2n) is 4.19. The van der Waals surface area contributed by atoms with Gasteiger partial charge in [-0.05, 0) is 18.4 Å². The van der Waals surface area contributed by atoms with Crippen LogP contribution in [-0.4, -0.2) is 18.1 Å². The number of nitrogen functional groups attached to an aromatic ring is 1. The van der Waals surface area contributed by atoms with E-state index >= 15 is 0 Å². The largest absolute Gasteiger partial charge is 0.481 e. The van der Waals surface area contributed by atoms with Crippen molar-refractivity contribution >= 4 is 11.5 Å². The van der Waals surface area contributed by atoms with Crippen molar-refractivity contribution in [2.24, 2.45) is 5.92 Å². The SMILES string of the molecule is CCC(Nc1nc(OC)ccc1N)C(C)C. The molecule has 1 unspecified atom stereocenters. The van der Waals surface area contributed by atoms with Crippen molar-refractivity contribution in [2.45, 2.75) is 33.2 Å². The Labute approximate surface area is 97.2 Å². The van der Waals surface area contributed by atoms with Crippen LogP contribution in [0.15, 0.2) is 12.1 Å². The summed E-state index contributed by atoms with van der Waals surface area (Å²) >= 11 is 0. The number of anilines is 2. The van der Waals surface area contributed by atoms with Gasteiger partial charge >= 0.3 is 0 Å². The van der Waals surface area contributed by atoms with Gasteiger partial charge in [0.1, 0.15) is 0 Å². The number of nitrogens with one attached hydrogen (secondary N) is 1. The number of pyridine rings is 1. The molecule has 0 aromatic carbocycles. The van der Waals surface area contributed by atoms with Crippen molar-refractivity contribution in [3.8, 4) is 5.88 Å². The summed E-state index contributed by atoms with van der Waals surface area (Å²) in [5, 5.41) is 3.36. The predicted molar refractivity (Wildman–Crippen MR) is 67.7 cm³/mol. The van der Waals surface area contributed by atoms with E-state index in [-0.39, 0.29) is 0 Å². The van der Waals surface area contributed by atoms with Gasteiger partial charge in [0.05, 0.1) is 12.8 Å². The second kappa shape index (κ2) is 5.58. The molecule has 1 atom stereocenters. The lowest BCUT2D eigenvalue weighted by Gasteiger charge is -2.22. The van der Waals surface area contributed by atoms with E-state index in [0.717, 1.165) is 6.42 Å². The number of nitrogens with zero attached hydrogens (tertiary/aromatic N) is 1. The molecule has 0 aliphatic heterocycles. The van der Waals surface area contributed by atoms with Crippen LogP contribution in [0.4, 0.5) is 11.5 Å². The summed E-state index contributed by atoms with van der Waals surface area (Å²) in [5.74, 6) is 1.83. The van der Waals surface area contributed by atoms with Gasteiger partial charge < -0.3 is 15.8 Å². The van der Waals surface area contributed by atoms with E-state index in [4.69, 9.17) is 10.5 Å². The molecule has 1 rings (SSSR count). The molecule has 4 nitrogen and oxygen atoms in total. The number of hydrogen-bond acceptors (Lipinski definition) is 4. The first kappa shape index (κ1) is 12.6. The molecule has 0 bridgehead atoms. The minimum absolute atomic E-state index is 0.377. The van der Waals surface area contributed by atoms with E-state index in [1.807, 2.05) is 0 Å². The Bertz CT molecular complexity index is 339. The zero-order valence-corrected chi connectivity index (χ0v) is 10.4. The van der Waals surface area contributed by atoms with Crippen LogP contribution >= 0.6 is 0 Å². The summed E-state index contributed by atoms with van der Waals surface area (Å²) in [6.07, 6.45) is 1.04. The van der Waals surface area contributed by atoms with Gasteiger partial charge in [-0.3, -0.25) is 0 Å². The molecule has 90 valence electrons. The Morgan fingerprint density at radius 1 is 1.44 bits per heavy atom. The summed E-state index contributed by atoms with van der Waals surface area (Å²) in [6, 6.07) is 3.94. The number of hydrogen-bond donors (Lipinski definition) is 2. The molecule has 0 aliphatic rings. The molecule has 0 radical (unpaired) electrons. The highest BCUT2D eigenvalue weighted by atomic mass is 16.5. The standard InChI is InChI=1S/C12H21N3O/c1-5-10(8(2)3)14-12-9(13)6-7-11(15-12)16-4/h6-8,10H,5,13H2,1-4H3,(H,14,15). The van der Waals surface area contributed by atoms with Crippen LogP contribution in [0.25, 0.3) is 0 Å². The lowest BCUT2D eigenvalue weighted by molar-refractivity contribution is 0.398. The average Bonchev–Trinajstić information content (AvgIpc) is 2.27. The zero-order chi connectivity index (χ0) is 12.1. The molecule has 0 saturated heterocycles. The van der Waals surface area contributed by atoms with Crippen LogP contribution in [0.5, 0.6) is 5.88 Å². The van der Waals surface area contributed by atoms with Crippen LogP contribution in [0.3, 0.4) is 0 Å². The molecule has 16 heavy (non-hydrogen) atoms. The van der Waals surface area contributed by atoms with Gasteiger partial charge in [0.15, 0.2) is 5.82 Å². The summed E-state index contributed by atoms with van der Waals surface area (Å²) < 4.78 is 5.08. The van der Waals surface area contributed by atoms with Gasteiger partial charge in [-0.25, -0.2) is 0 Å². The summed E-state index contributed by atoms with van der Waals surface area (Å²) in [4.78, 5) is 4.30. The average molecular weight is 223 g/mol. The Kier molecular flexibility index (Phi) is 4.40. The molecule has 0 saturated carbocycles. The quantitative estimate of drug-likeness (QED) is 0.805. The second-order valence-corrected chi connectivity index (χ2v) is 4.19. The maximum atomic E-state index is 5.87. The maximum Gasteiger partial charge on any atom is 0.215 e. The predicted octanol–water partition coefficient (Wildman–Crippen LogP) is 2.52. The number of nitrogens with two attached hydrogens (primary N) is 1. The molecule has 1 aromatic heterocycles. The van der Waals surface area contributed by atoms with Crippen molar-refractivity contribution < 1.29 is 4.74 Å². The Morgan fingerprint density at radius 2 is 2.12 bits per heavy atom. The Morgan fingerprint density at radius 3 is 2.62 bits per heavy atom. The molecular weight excluding hydrogens is 202 g/mol. The highest BCUT2D eigenvalue weighted by Gasteiger charge is 2.13. The molecule has 1 heterocycles. The fraction of sp³-hybridized carbons (Fsp3) is 0.583. The van der Waals surface area contributed by atoms with E-state index in [2.05, 4.69) is 31.1 Å². The smallest absolute Gasteiger partial charge is 0.215 e. The number of rotatable bonds is 5. The van der Waals surface area contributed by atoms with E-state index in [9.17, 15) is 0 Å². The van der Waals surface area contributed by atoms with Gasteiger partial charge in [-0.1, -0.05) is 20.8 Å². The van der Waals surface area contributed by atoms with Gasteiger partial charge in [-0.2, -0.15) is 4.98 Å². The van der Waals surface area contributed by atoms with Crippen molar-refractivity contribution in [1.29, 1.82) is 0 Å². The maximum absolute atomic E-state index is 5.87. The fourth-order valence-electron chi connectivity index (χ4n) is 1.60. The number of ether oxygens (including phenoxy) is 1. The lowest BCUT2D eigenvalue weighted by Crippen LogP contribution is -2.25. The first-order valence-electron chi connectivity index (χ1n) is 5.65. The molecular formula is C12H21N3O. The molecule has 3 N–H and O–H groups in total. The van der Waals surface area contributed by atoms with Crippen molar-refractivity contribution in [3.63, 3.8) is 0 Å². The topological polar surface area (TPSA) is 60.2 Å². The monoisotopic (exact) mass is 223 g/mol. The van der Waals surface area contributed by atoms with E-state index < -0.39 is 0 Å². The van der Waals surface area contributed by atoms with Crippen LogP contribution < -0.4 is 15.8 Å². The minimum Gasteiger partial charge on any atom is -0.481 e. The van der Waals surface area contributed by atoms with Gasteiger partial charge in [0, 0.05) is 12.1 Å². The normalized spacial score (nSPS) is 12.6. The van der Waals surface area contributed by atoms with Crippen LogP contribution in [0.1, 0.15) is 27.2 Å². The summed E-state index contributed by atoms with van der Waals surface area (Å²) in [7, 11) is 1.60. The molecule has 0 fully saturated rings. The number of aromatic nitrogens is 1. The number of methoxy groups -OCH3 is 1. The van der Waals surface area contributed by atoms with Gasteiger partial charge in [0.25, 0.3) is 0 Å². The highest BCUT2D eigenvalue weighted by Crippen LogP contribution is 2.22. The van der Waals surface area contributed by atoms with Crippen molar-refractivity contribution in [1.82, 2.24) is 4.98 Å². The van der Waals surface area contributed by atoms with Crippen molar-refractivity contribution in [2.75, 3.05) is 18.2 Å². The third-order valence-corrected chi connectivity index (χ3v) is 2.68. The molecule has 4 heteroatoms. The Hall–Kier alpha value is -1.45. The third kappa shape index (κ3) is 3.02. The van der Waals surface area contributed by atoms with Gasteiger partial charge in [-0.15, -0.1) is 0 Å². The summed E-state index contributed by atoms with van der Waals surface area (Å²) in [6.45, 7) is 6.50. The Balaban J connectivity index is 2.86. The molecule has 0 amide bonds. The third-order valence-electron chi connectivity index (χ3n) is 2.68. The van der Waals surface area contributed by atoms with Gasteiger partial charge in [0.2, 0.25) is 5.88 Å². The first-order chi connectivity index (χ1) is 7.58. The van der Waals surface area contributed by atoms with E-state index in [1.54, 1.807) is 19.2 Å². The van der Waals surface area contributed by atoms with E-state index in [0.29, 0.717) is 29.3 Å². The lowest BCUT2D eigenvalue weighted by atomic mass is 10.0. The highest BCUT2D eigenvalue weighted by molar-refractivity contribution is 5.62.